The lowest BCUT2D eigenvalue weighted by Crippen LogP contribution is -2.31. The number of carbonyl (C=O) groups excluding carboxylic acids is 1. The molecular weight excluding hydrogens is 152 g/mol. The largest absolute Gasteiger partial charge is 0.355 e. The normalized spacial score (nSPS) is 24.2. The molecule has 0 aromatic carbocycles. The van der Waals surface area contributed by atoms with E-state index in [0.717, 1.165) is 25.9 Å². The number of likely N-dealkylation sites (tertiary alicyclic amines) is 1. The van der Waals surface area contributed by atoms with Crippen LogP contribution >= 0.6 is 0 Å². The Hall–Kier alpha value is -0.570. The number of hydrogen-bond donors (Lipinski definition) is 1. The predicted octanol–water partition coefficient (Wildman–Crippen LogP) is 0.607. The zero-order valence-corrected chi connectivity index (χ0v) is 7.75. The average molecular weight is 170 g/mol. The Morgan fingerprint density at radius 3 is 3.17 bits per heavy atom. The van der Waals surface area contributed by atoms with Gasteiger partial charge in [-0.1, -0.05) is 13.3 Å². The van der Waals surface area contributed by atoms with E-state index in [9.17, 15) is 4.79 Å². The summed E-state index contributed by atoms with van der Waals surface area (Å²) in [5, 5.41) is 2.83. The second kappa shape index (κ2) is 5.14. The number of nitrogens with zero attached hydrogens (tertiary/aromatic N) is 1. The maximum Gasteiger partial charge on any atom is 0.207 e. The van der Waals surface area contributed by atoms with Gasteiger partial charge in [0.15, 0.2) is 0 Å². The summed E-state index contributed by atoms with van der Waals surface area (Å²) in [4.78, 5) is 12.6. The first-order valence-corrected chi connectivity index (χ1v) is 4.79. The van der Waals surface area contributed by atoms with Crippen molar-refractivity contribution in [1.29, 1.82) is 0 Å². The molecule has 0 saturated carbocycles. The van der Waals surface area contributed by atoms with Gasteiger partial charge in [-0.25, -0.2) is 0 Å². The average Bonchev–Trinajstić information content (AvgIpc) is 2.50. The third-order valence-electron chi connectivity index (χ3n) is 2.40. The summed E-state index contributed by atoms with van der Waals surface area (Å²) >= 11 is 0. The molecule has 0 aliphatic carbocycles. The standard InChI is InChI=1S/C9H18N2O/c1-2-3-5-11-6-4-9(7-11)10-8-12/h8-9H,2-7H2,1H3,(H,10,12). The molecule has 3 nitrogen and oxygen atoms in total. The first-order chi connectivity index (χ1) is 5.86. The van der Waals surface area contributed by atoms with Gasteiger partial charge >= 0.3 is 0 Å². The molecule has 0 aromatic rings. The molecule has 1 aliphatic heterocycles. The van der Waals surface area contributed by atoms with Crippen LogP contribution in [0.5, 0.6) is 0 Å². The second-order valence-electron chi connectivity index (χ2n) is 3.42. The molecule has 3 heteroatoms. The molecule has 1 amide bonds. The highest BCUT2D eigenvalue weighted by molar-refractivity contribution is 5.46. The first-order valence-electron chi connectivity index (χ1n) is 4.79. The van der Waals surface area contributed by atoms with Gasteiger partial charge in [-0.2, -0.15) is 0 Å². The minimum absolute atomic E-state index is 0.402. The minimum atomic E-state index is 0.402. The fourth-order valence-corrected chi connectivity index (χ4v) is 1.65. The van der Waals surface area contributed by atoms with Crippen LogP contribution in [0.15, 0.2) is 0 Å². The van der Waals surface area contributed by atoms with Crippen molar-refractivity contribution in [1.82, 2.24) is 10.2 Å². The summed E-state index contributed by atoms with van der Waals surface area (Å²) in [5.74, 6) is 0. The van der Waals surface area contributed by atoms with E-state index >= 15 is 0 Å². The Morgan fingerprint density at radius 2 is 2.50 bits per heavy atom. The van der Waals surface area contributed by atoms with Crippen LogP contribution in [0.4, 0.5) is 0 Å². The number of amides is 1. The van der Waals surface area contributed by atoms with Crippen molar-refractivity contribution in [2.24, 2.45) is 0 Å². The molecule has 1 N–H and O–H groups in total. The quantitative estimate of drug-likeness (QED) is 0.613. The van der Waals surface area contributed by atoms with Crippen LogP contribution in [-0.4, -0.2) is 37.0 Å². The van der Waals surface area contributed by atoms with Gasteiger partial charge in [-0.15, -0.1) is 0 Å². The highest BCUT2D eigenvalue weighted by Gasteiger charge is 2.20. The summed E-state index contributed by atoms with van der Waals surface area (Å²) < 4.78 is 0. The lowest BCUT2D eigenvalue weighted by Gasteiger charge is -2.14. The zero-order chi connectivity index (χ0) is 8.81. The smallest absolute Gasteiger partial charge is 0.207 e. The fourth-order valence-electron chi connectivity index (χ4n) is 1.65. The maximum atomic E-state index is 10.2. The molecule has 1 rings (SSSR count). The summed E-state index contributed by atoms with van der Waals surface area (Å²) in [6, 6.07) is 0.402. The Kier molecular flexibility index (Phi) is 4.08. The number of unbranched alkanes of at least 4 members (excludes halogenated alkanes) is 1. The molecule has 0 aromatic heterocycles. The lowest BCUT2D eigenvalue weighted by molar-refractivity contribution is -0.110. The van der Waals surface area contributed by atoms with Crippen LogP contribution in [0.1, 0.15) is 26.2 Å². The highest BCUT2D eigenvalue weighted by atomic mass is 16.1. The molecule has 12 heavy (non-hydrogen) atoms. The Labute approximate surface area is 74.1 Å². The maximum absolute atomic E-state index is 10.2. The van der Waals surface area contributed by atoms with Crippen LogP contribution in [-0.2, 0) is 4.79 Å². The van der Waals surface area contributed by atoms with Crippen molar-refractivity contribution in [2.45, 2.75) is 32.2 Å². The third-order valence-corrected chi connectivity index (χ3v) is 2.40. The van der Waals surface area contributed by atoms with Crippen LogP contribution in [0.2, 0.25) is 0 Å². The molecule has 1 fully saturated rings. The van der Waals surface area contributed by atoms with Crippen LogP contribution in [0, 0.1) is 0 Å². The molecule has 0 spiro atoms. The summed E-state index contributed by atoms with van der Waals surface area (Å²) in [5.41, 5.74) is 0. The van der Waals surface area contributed by atoms with Crippen molar-refractivity contribution in [3.05, 3.63) is 0 Å². The highest BCUT2D eigenvalue weighted by Crippen LogP contribution is 2.09. The predicted molar refractivity (Wildman–Crippen MR) is 49.0 cm³/mol. The van der Waals surface area contributed by atoms with Gasteiger partial charge in [-0.05, 0) is 19.4 Å². The van der Waals surface area contributed by atoms with Gasteiger partial charge in [0.1, 0.15) is 0 Å². The first kappa shape index (κ1) is 9.52. The van der Waals surface area contributed by atoms with Crippen molar-refractivity contribution in [3.8, 4) is 0 Å². The number of carbonyl (C=O) groups is 1. The molecule has 70 valence electrons. The van der Waals surface area contributed by atoms with Crippen molar-refractivity contribution in [3.63, 3.8) is 0 Å². The lowest BCUT2D eigenvalue weighted by atomic mass is 10.3. The Bertz CT molecular complexity index is 138. The monoisotopic (exact) mass is 170 g/mol. The molecule has 1 unspecified atom stereocenters. The van der Waals surface area contributed by atoms with E-state index in [4.69, 9.17) is 0 Å². The summed E-state index contributed by atoms with van der Waals surface area (Å²) in [6.45, 7) is 5.58. The summed E-state index contributed by atoms with van der Waals surface area (Å²) in [7, 11) is 0. The number of rotatable bonds is 5. The van der Waals surface area contributed by atoms with E-state index < -0.39 is 0 Å². The minimum Gasteiger partial charge on any atom is -0.355 e. The molecule has 1 aliphatic rings. The van der Waals surface area contributed by atoms with Crippen molar-refractivity contribution in [2.75, 3.05) is 19.6 Å². The van der Waals surface area contributed by atoms with Gasteiger partial charge in [0.05, 0.1) is 0 Å². The van der Waals surface area contributed by atoms with Gasteiger partial charge in [0.2, 0.25) is 6.41 Å². The van der Waals surface area contributed by atoms with Crippen molar-refractivity contribution < 1.29 is 4.79 Å². The van der Waals surface area contributed by atoms with Crippen molar-refractivity contribution >= 4 is 6.41 Å². The third kappa shape index (κ3) is 2.81. The molecule has 0 radical (unpaired) electrons. The Balaban J connectivity index is 2.12. The van der Waals surface area contributed by atoms with Crippen LogP contribution in [0.3, 0.4) is 0 Å². The van der Waals surface area contributed by atoms with E-state index in [-0.39, 0.29) is 0 Å². The number of hydrogen-bond acceptors (Lipinski definition) is 2. The topological polar surface area (TPSA) is 32.3 Å². The zero-order valence-electron chi connectivity index (χ0n) is 7.75. The van der Waals surface area contributed by atoms with E-state index in [1.54, 1.807) is 0 Å². The van der Waals surface area contributed by atoms with Gasteiger partial charge < -0.3 is 10.2 Å². The SMILES string of the molecule is CCCCN1CCC(NC=O)C1. The molecule has 1 saturated heterocycles. The van der Waals surface area contributed by atoms with Crippen LogP contribution in [0.25, 0.3) is 0 Å². The van der Waals surface area contributed by atoms with E-state index in [1.165, 1.54) is 19.4 Å². The van der Waals surface area contributed by atoms with Gasteiger partial charge in [0, 0.05) is 19.1 Å². The van der Waals surface area contributed by atoms with E-state index in [0.29, 0.717) is 6.04 Å². The van der Waals surface area contributed by atoms with E-state index in [2.05, 4.69) is 17.1 Å². The van der Waals surface area contributed by atoms with Gasteiger partial charge in [0.25, 0.3) is 0 Å². The molecule has 0 bridgehead atoms. The molecule has 1 heterocycles. The Morgan fingerprint density at radius 1 is 1.67 bits per heavy atom. The van der Waals surface area contributed by atoms with Gasteiger partial charge in [-0.3, -0.25) is 4.79 Å². The molecular formula is C9H18N2O. The second-order valence-corrected chi connectivity index (χ2v) is 3.42. The molecule has 1 atom stereocenters. The fraction of sp³-hybridized carbons (Fsp3) is 0.889. The number of nitrogens with one attached hydrogen (secondary N) is 1. The van der Waals surface area contributed by atoms with Crippen LogP contribution < -0.4 is 5.32 Å². The van der Waals surface area contributed by atoms with E-state index in [1.807, 2.05) is 0 Å². The summed E-state index contributed by atoms with van der Waals surface area (Å²) in [6.07, 6.45) is 4.45.